The Morgan fingerprint density at radius 3 is 2.76 bits per heavy atom. The van der Waals surface area contributed by atoms with Crippen LogP contribution in [0.2, 0.25) is 0 Å². The summed E-state index contributed by atoms with van der Waals surface area (Å²) >= 11 is 0. The number of rotatable bonds is 6. The van der Waals surface area contributed by atoms with E-state index in [1.807, 2.05) is 0 Å². The van der Waals surface area contributed by atoms with Gasteiger partial charge in [0.05, 0.1) is 7.11 Å². The van der Waals surface area contributed by atoms with Gasteiger partial charge in [-0.2, -0.15) is 0 Å². The first-order chi connectivity index (χ1) is 8.10. The second-order valence-electron chi connectivity index (χ2n) is 4.13. The van der Waals surface area contributed by atoms with Gasteiger partial charge in [0.1, 0.15) is 17.1 Å². The molecule has 0 aliphatic carbocycles. The summed E-state index contributed by atoms with van der Waals surface area (Å²) in [5.74, 6) is 0.918. The monoisotopic (exact) mass is 236 g/mol. The van der Waals surface area contributed by atoms with Crippen molar-refractivity contribution in [2.75, 3.05) is 7.11 Å². The smallest absolute Gasteiger partial charge is 0.341 e. The molecular formula is C14H20O3. The lowest BCUT2D eigenvalue weighted by Gasteiger charge is -2.00. The van der Waals surface area contributed by atoms with Crippen molar-refractivity contribution < 1.29 is 13.9 Å². The molecule has 0 unspecified atom stereocenters. The Morgan fingerprint density at radius 1 is 1.47 bits per heavy atom. The van der Waals surface area contributed by atoms with E-state index >= 15 is 0 Å². The van der Waals surface area contributed by atoms with Crippen LogP contribution in [0, 0.1) is 6.92 Å². The molecule has 0 atom stereocenters. The number of carbonyl (C=O) groups excluding carboxylic acids is 1. The number of furan rings is 1. The zero-order valence-electron chi connectivity index (χ0n) is 10.8. The number of hydrogen-bond acceptors (Lipinski definition) is 3. The van der Waals surface area contributed by atoms with E-state index in [1.165, 1.54) is 20.0 Å². The topological polar surface area (TPSA) is 39.4 Å². The lowest BCUT2D eigenvalue weighted by molar-refractivity contribution is 0.0599. The van der Waals surface area contributed by atoms with E-state index in [4.69, 9.17) is 4.42 Å². The summed E-state index contributed by atoms with van der Waals surface area (Å²) in [4.78, 5) is 11.4. The van der Waals surface area contributed by atoms with Gasteiger partial charge in [-0.15, -0.1) is 0 Å². The summed E-state index contributed by atoms with van der Waals surface area (Å²) in [6.45, 7) is 7.91. The highest BCUT2D eigenvalue weighted by atomic mass is 16.5. The number of carbonyl (C=O) groups is 1. The maximum Gasteiger partial charge on any atom is 0.341 e. The fourth-order valence-electron chi connectivity index (χ4n) is 1.68. The van der Waals surface area contributed by atoms with Crippen molar-refractivity contribution in [3.05, 3.63) is 29.7 Å². The van der Waals surface area contributed by atoms with Gasteiger partial charge < -0.3 is 9.15 Å². The van der Waals surface area contributed by atoms with Crippen LogP contribution in [0.15, 0.2) is 17.1 Å². The first-order valence-corrected chi connectivity index (χ1v) is 5.97. The average molecular weight is 236 g/mol. The van der Waals surface area contributed by atoms with Gasteiger partial charge in [-0.3, -0.25) is 0 Å². The van der Waals surface area contributed by atoms with Crippen molar-refractivity contribution in [1.82, 2.24) is 0 Å². The third-order valence-corrected chi connectivity index (χ3v) is 2.75. The molecule has 0 bridgehead atoms. The van der Waals surface area contributed by atoms with Crippen LogP contribution < -0.4 is 0 Å². The Labute approximate surface area is 102 Å². The average Bonchev–Trinajstić information content (AvgIpc) is 2.70. The first kappa shape index (κ1) is 13.6. The Hall–Kier alpha value is -1.51. The van der Waals surface area contributed by atoms with E-state index in [9.17, 15) is 4.79 Å². The predicted molar refractivity (Wildman–Crippen MR) is 68.0 cm³/mol. The highest BCUT2D eigenvalue weighted by Gasteiger charge is 2.16. The molecule has 0 fully saturated rings. The van der Waals surface area contributed by atoms with E-state index < -0.39 is 0 Å². The fourth-order valence-corrected chi connectivity index (χ4v) is 1.68. The van der Waals surface area contributed by atoms with Gasteiger partial charge in [0.15, 0.2) is 0 Å². The molecule has 3 nitrogen and oxygen atoms in total. The van der Waals surface area contributed by atoms with Crippen LogP contribution in [0.25, 0.3) is 5.57 Å². The molecule has 1 aromatic rings. The SMILES string of the molecule is C=C(CCCCC)c1cc(C(=O)OC)c(C)o1. The summed E-state index contributed by atoms with van der Waals surface area (Å²) < 4.78 is 10.2. The molecular weight excluding hydrogens is 216 g/mol. The molecule has 0 N–H and O–H groups in total. The number of esters is 1. The van der Waals surface area contributed by atoms with Crippen LogP contribution in [0.5, 0.6) is 0 Å². The zero-order valence-corrected chi connectivity index (χ0v) is 10.8. The molecule has 0 saturated heterocycles. The minimum Gasteiger partial charge on any atom is -0.465 e. The van der Waals surface area contributed by atoms with Crippen molar-refractivity contribution in [3.63, 3.8) is 0 Å². The second kappa shape index (κ2) is 6.28. The molecule has 17 heavy (non-hydrogen) atoms. The van der Waals surface area contributed by atoms with Gasteiger partial charge in [-0.25, -0.2) is 4.79 Å². The molecule has 1 heterocycles. The van der Waals surface area contributed by atoms with Crippen molar-refractivity contribution in [1.29, 1.82) is 0 Å². The number of hydrogen-bond donors (Lipinski definition) is 0. The molecule has 1 rings (SSSR count). The predicted octanol–water partition coefficient (Wildman–Crippen LogP) is 3.97. The van der Waals surface area contributed by atoms with Crippen molar-refractivity contribution in [2.24, 2.45) is 0 Å². The molecule has 0 radical (unpaired) electrons. The van der Waals surface area contributed by atoms with Gasteiger partial charge in [0, 0.05) is 0 Å². The quantitative estimate of drug-likeness (QED) is 0.554. The van der Waals surface area contributed by atoms with E-state index in [1.54, 1.807) is 13.0 Å². The van der Waals surface area contributed by atoms with Crippen LogP contribution in [0.3, 0.4) is 0 Å². The third-order valence-electron chi connectivity index (χ3n) is 2.75. The standard InChI is InChI=1S/C14H20O3/c1-5-6-7-8-10(2)13-9-12(11(3)17-13)14(15)16-4/h9H,2,5-8H2,1,3-4H3. The maximum atomic E-state index is 11.4. The fraction of sp³-hybridized carbons (Fsp3) is 0.500. The lowest BCUT2D eigenvalue weighted by Crippen LogP contribution is -2.00. The normalized spacial score (nSPS) is 10.3. The Morgan fingerprint density at radius 2 is 2.18 bits per heavy atom. The molecule has 0 aliphatic rings. The molecule has 3 heteroatoms. The van der Waals surface area contributed by atoms with Crippen molar-refractivity contribution >= 4 is 11.5 Å². The number of methoxy groups -OCH3 is 1. The van der Waals surface area contributed by atoms with Crippen LogP contribution >= 0.6 is 0 Å². The summed E-state index contributed by atoms with van der Waals surface area (Å²) in [5.41, 5.74) is 1.43. The van der Waals surface area contributed by atoms with Gasteiger partial charge in [0.2, 0.25) is 0 Å². The van der Waals surface area contributed by atoms with E-state index in [-0.39, 0.29) is 5.97 Å². The van der Waals surface area contributed by atoms with Crippen LogP contribution in [-0.2, 0) is 4.74 Å². The van der Waals surface area contributed by atoms with Gasteiger partial charge in [-0.05, 0) is 31.4 Å². The van der Waals surface area contributed by atoms with E-state index in [0.717, 1.165) is 18.4 Å². The third kappa shape index (κ3) is 3.48. The van der Waals surface area contributed by atoms with Crippen molar-refractivity contribution in [3.8, 4) is 0 Å². The summed E-state index contributed by atoms with van der Waals surface area (Å²) in [5, 5.41) is 0. The van der Waals surface area contributed by atoms with Crippen molar-refractivity contribution in [2.45, 2.75) is 39.5 Å². The molecule has 0 aliphatic heterocycles. The Bertz CT molecular complexity index is 402. The second-order valence-corrected chi connectivity index (χ2v) is 4.13. The van der Waals surface area contributed by atoms with Crippen LogP contribution in [0.1, 0.15) is 54.5 Å². The highest BCUT2D eigenvalue weighted by molar-refractivity contribution is 5.91. The number of allylic oxidation sites excluding steroid dienone is 1. The summed E-state index contributed by atoms with van der Waals surface area (Å²) in [6.07, 6.45) is 4.37. The summed E-state index contributed by atoms with van der Waals surface area (Å²) in [7, 11) is 1.37. The van der Waals surface area contributed by atoms with E-state index in [0.29, 0.717) is 17.1 Å². The largest absolute Gasteiger partial charge is 0.465 e. The van der Waals surface area contributed by atoms with Crippen LogP contribution in [-0.4, -0.2) is 13.1 Å². The molecule has 1 aromatic heterocycles. The lowest BCUT2D eigenvalue weighted by atomic mass is 10.1. The van der Waals surface area contributed by atoms with Gasteiger partial charge >= 0.3 is 5.97 Å². The maximum absolute atomic E-state index is 11.4. The Kier molecular flexibility index (Phi) is 5.01. The molecule has 0 spiro atoms. The minimum atomic E-state index is -0.362. The first-order valence-electron chi connectivity index (χ1n) is 5.97. The minimum absolute atomic E-state index is 0.362. The zero-order chi connectivity index (χ0) is 12.8. The Balaban J connectivity index is 2.72. The number of ether oxygens (including phenoxy) is 1. The molecule has 0 saturated carbocycles. The number of aryl methyl sites for hydroxylation is 1. The molecule has 0 aromatic carbocycles. The summed E-state index contributed by atoms with van der Waals surface area (Å²) in [6, 6.07) is 1.72. The van der Waals surface area contributed by atoms with E-state index in [2.05, 4.69) is 18.2 Å². The highest BCUT2D eigenvalue weighted by Crippen LogP contribution is 2.24. The van der Waals surface area contributed by atoms with Gasteiger partial charge in [-0.1, -0.05) is 26.3 Å². The number of unbranched alkanes of at least 4 members (excludes halogenated alkanes) is 2. The van der Waals surface area contributed by atoms with Crippen LogP contribution in [0.4, 0.5) is 0 Å². The van der Waals surface area contributed by atoms with Gasteiger partial charge in [0.25, 0.3) is 0 Å². The molecule has 0 amide bonds. The molecule has 94 valence electrons.